The number of amides is 2. The van der Waals surface area contributed by atoms with Crippen molar-refractivity contribution >= 4 is 12.0 Å². The Balaban J connectivity index is 2.03. The van der Waals surface area contributed by atoms with Crippen LogP contribution in [0.4, 0.5) is 4.79 Å². The molecule has 7 heteroatoms. The number of carbonyl (C=O) groups excluding carboxylic acids is 1. The highest BCUT2D eigenvalue weighted by molar-refractivity contribution is 5.83. The van der Waals surface area contributed by atoms with E-state index in [-0.39, 0.29) is 25.1 Å². The predicted octanol–water partition coefficient (Wildman–Crippen LogP) is -0.263. The van der Waals surface area contributed by atoms with E-state index in [1.807, 2.05) is 6.92 Å². The first kappa shape index (κ1) is 14.1. The molecular formula is C12H20N2O5. The summed E-state index contributed by atoms with van der Waals surface area (Å²) in [5, 5.41) is 18.7. The van der Waals surface area contributed by atoms with Gasteiger partial charge < -0.3 is 24.7 Å². The van der Waals surface area contributed by atoms with E-state index in [1.54, 1.807) is 4.90 Å². The largest absolute Gasteiger partial charge is 0.480 e. The van der Waals surface area contributed by atoms with Gasteiger partial charge in [-0.2, -0.15) is 0 Å². The summed E-state index contributed by atoms with van der Waals surface area (Å²) in [4.78, 5) is 26.3. The third kappa shape index (κ3) is 2.98. The lowest BCUT2D eigenvalue weighted by atomic mass is 10.2. The number of urea groups is 1. The first-order valence-corrected chi connectivity index (χ1v) is 6.61. The maximum atomic E-state index is 12.3. The fraction of sp³-hybridized carbons (Fsp3) is 0.833. The number of β-amino-alcohol motifs (C(OH)–C–C–N with tert-alkyl or cyclic N) is 1. The molecule has 7 nitrogen and oxygen atoms in total. The van der Waals surface area contributed by atoms with Gasteiger partial charge in [0.1, 0.15) is 6.04 Å². The van der Waals surface area contributed by atoms with Crippen molar-refractivity contribution in [3.63, 3.8) is 0 Å². The molecule has 19 heavy (non-hydrogen) atoms. The number of rotatable bonds is 2. The number of hydrogen-bond donors (Lipinski definition) is 2. The second-order valence-electron chi connectivity index (χ2n) is 5.03. The molecular weight excluding hydrogens is 252 g/mol. The van der Waals surface area contributed by atoms with Crippen molar-refractivity contribution in [2.24, 2.45) is 0 Å². The minimum absolute atomic E-state index is 0.00787. The number of morpholine rings is 1. The number of likely N-dealkylation sites (tertiary alicyclic amines) is 1. The summed E-state index contributed by atoms with van der Waals surface area (Å²) in [5.41, 5.74) is 0. The zero-order chi connectivity index (χ0) is 14.0. The van der Waals surface area contributed by atoms with Crippen LogP contribution in [-0.2, 0) is 9.53 Å². The molecule has 3 atom stereocenters. The number of aliphatic hydroxyl groups is 1. The van der Waals surface area contributed by atoms with Gasteiger partial charge in [-0.25, -0.2) is 9.59 Å². The van der Waals surface area contributed by atoms with E-state index in [0.29, 0.717) is 19.7 Å². The maximum Gasteiger partial charge on any atom is 0.326 e. The Bertz CT molecular complexity index is 362. The molecule has 0 bridgehead atoms. The molecule has 1 unspecified atom stereocenters. The summed E-state index contributed by atoms with van der Waals surface area (Å²) in [5.74, 6) is -1.06. The van der Waals surface area contributed by atoms with Crippen molar-refractivity contribution in [3.8, 4) is 0 Å². The van der Waals surface area contributed by atoms with Crippen molar-refractivity contribution in [1.82, 2.24) is 9.80 Å². The van der Waals surface area contributed by atoms with Crippen molar-refractivity contribution in [2.75, 3.05) is 26.2 Å². The van der Waals surface area contributed by atoms with E-state index in [0.717, 1.165) is 6.42 Å². The molecule has 2 fully saturated rings. The summed E-state index contributed by atoms with van der Waals surface area (Å²) in [6.45, 7) is 3.49. The molecule has 0 radical (unpaired) electrons. The highest BCUT2D eigenvalue weighted by atomic mass is 16.5. The smallest absolute Gasteiger partial charge is 0.326 e. The van der Waals surface area contributed by atoms with Crippen LogP contribution in [0, 0.1) is 0 Å². The normalized spacial score (nSPS) is 31.6. The SMILES string of the molecule is CCC1CN(C(=O)N2C[C@H](O)C[C@@H]2C(=O)O)CCO1. The van der Waals surface area contributed by atoms with Crippen LogP contribution in [0.15, 0.2) is 0 Å². The average Bonchev–Trinajstić information content (AvgIpc) is 2.80. The number of aliphatic hydroxyl groups excluding tert-OH is 1. The monoisotopic (exact) mass is 272 g/mol. The molecule has 0 aromatic rings. The molecule has 2 heterocycles. The molecule has 2 saturated heterocycles. The molecule has 0 spiro atoms. The minimum atomic E-state index is -1.06. The summed E-state index contributed by atoms with van der Waals surface area (Å²) in [6, 6.07) is -1.24. The standard InChI is InChI=1S/C12H20N2O5/c1-2-9-7-13(3-4-19-9)12(18)14-6-8(15)5-10(14)11(16)17/h8-10,15H,2-7H2,1H3,(H,16,17)/t8-,9?,10-/m1/s1. The molecule has 2 aliphatic heterocycles. The molecule has 2 amide bonds. The van der Waals surface area contributed by atoms with Gasteiger partial charge in [-0.15, -0.1) is 0 Å². The van der Waals surface area contributed by atoms with E-state index in [4.69, 9.17) is 9.84 Å². The summed E-state index contributed by atoms with van der Waals surface area (Å²) < 4.78 is 5.49. The van der Waals surface area contributed by atoms with Gasteiger partial charge in [0.05, 0.1) is 18.8 Å². The van der Waals surface area contributed by atoms with Gasteiger partial charge in [-0.3, -0.25) is 0 Å². The van der Waals surface area contributed by atoms with Crippen LogP contribution in [0.1, 0.15) is 19.8 Å². The quantitative estimate of drug-likeness (QED) is 0.722. The second-order valence-corrected chi connectivity index (χ2v) is 5.03. The Kier molecular flexibility index (Phi) is 4.26. The predicted molar refractivity (Wildman–Crippen MR) is 65.8 cm³/mol. The zero-order valence-electron chi connectivity index (χ0n) is 11.0. The lowest BCUT2D eigenvalue weighted by Crippen LogP contribution is -2.53. The Morgan fingerprint density at radius 3 is 2.74 bits per heavy atom. The van der Waals surface area contributed by atoms with Crippen LogP contribution in [0.5, 0.6) is 0 Å². The number of aliphatic carboxylic acids is 1. The number of ether oxygens (including phenoxy) is 1. The molecule has 0 saturated carbocycles. The Labute approximate surface area is 111 Å². The van der Waals surface area contributed by atoms with Gasteiger partial charge in [0, 0.05) is 26.1 Å². The fourth-order valence-electron chi connectivity index (χ4n) is 2.58. The zero-order valence-corrected chi connectivity index (χ0v) is 11.0. The van der Waals surface area contributed by atoms with Crippen LogP contribution in [0.3, 0.4) is 0 Å². The van der Waals surface area contributed by atoms with E-state index in [1.165, 1.54) is 4.90 Å². The van der Waals surface area contributed by atoms with Crippen LogP contribution in [0.25, 0.3) is 0 Å². The van der Waals surface area contributed by atoms with Crippen molar-refractivity contribution in [1.29, 1.82) is 0 Å². The van der Waals surface area contributed by atoms with E-state index >= 15 is 0 Å². The molecule has 108 valence electrons. The minimum Gasteiger partial charge on any atom is -0.480 e. The highest BCUT2D eigenvalue weighted by Gasteiger charge is 2.41. The molecule has 2 rings (SSSR count). The number of hydrogen-bond acceptors (Lipinski definition) is 4. The van der Waals surface area contributed by atoms with Crippen molar-refractivity contribution in [2.45, 2.75) is 38.0 Å². The Morgan fingerprint density at radius 1 is 1.37 bits per heavy atom. The Hall–Kier alpha value is -1.34. The molecule has 0 aromatic carbocycles. The molecule has 0 aromatic heterocycles. The van der Waals surface area contributed by atoms with Gasteiger partial charge in [0.15, 0.2) is 0 Å². The third-order valence-electron chi connectivity index (χ3n) is 3.67. The topological polar surface area (TPSA) is 90.3 Å². The number of carbonyl (C=O) groups is 2. The van der Waals surface area contributed by atoms with Crippen LogP contribution in [0.2, 0.25) is 0 Å². The van der Waals surface area contributed by atoms with E-state index in [9.17, 15) is 14.7 Å². The van der Waals surface area contributed by atoms with Crippen LogP contribution >= 0.6 is 0 Å². The fourth-order valence-corrected chi connectivity index (χ4v) is 2.58. The molecule has 0 aliphatic carbocycles. The average molecular weight is 272 g/mol. The van der Waals surface area contributed by atoms with Gasteiger partial charge >= 0.3 is 12.0 Å². The summed E-state index contributed by atoms with van der Waals surface area (Å²) in [6.07, 6.45) is 0.166. The number of carboxylic acid groups (broad SMARTS) is 1. The Morgan fingerprint density at radius 2 is 2.11 bits per heavy atom. The second kappa shape index (κ2) is 5.75. The van der Waals surface area contributed by atoms with E-state index < -0.39 is 18.1 Å². The van der Waals surface area contributed by atoms with E-state index in [2.05, 4.69) is 0 Å². The van der Waals surface area contributed by atoms with Crippen LogP contribution in [-0.4, -0.2) is 76.5 Å². The maximum absolute atomic E-state index is 12.3. The van der Waals surface area contributed by atoms with Gasteiger partial charge in [0.2, 0.25) is 0 Å². The summed E-state index contributed by atoms with van der Waals surface area (Å²) in [7, 11) is 0. The highest BCUT2D eigenvalue weighted by Crippen LogP contribution is 2.21. The third-order valence-corrected chi connectivity index (χ3v) is 3.67. The first-order valence-electron chi connectivity index (χ1n) is 6.61. The molecule has 2 N–H and O–H groups in total. The number of nitrogens with zero attached hydrogens (tertiary/aromatic N) is 2. The van der Waals surface area contributed by atoms with Gasteiger partial charge in [-0.05, 0) is 6.42 Å². The van der Waals surface area contributed by atoms with Crippen molar-refractivity contribution < 1.29 is 24.5 Å². The van der Waals surface area contributed by atoms with Crippen molar-refractivity contribution in [3.05, 3.63) is 0 Å². The first-order chi connectivity index (χ1) is 9.02. The van der Waals surface area contributed by atoms with Crippen LogP contribution < -0.4 is 0 Å². The lowest BCUT2D eigenvalue weighted by molar-refractivity contribution is -0.141. The molecule has 2 aliphatic rings. The van der Waals surface area contributed by atoms with Gasteiger partial charge in [-0.1, -0.05) is 6.92 Å². The number of carboxylic acids is 1. The summed E-state index contributed by atoms with van der Waals surface area (Å²) >= 11 is 0. The lowest BCUT2D eigenvalue weighted by Gasteiger charge is -2.36. The van der Waals surface area contributed by atoms with Gasteiger partial charge in [0.25, 0.3) is 0 Å².